The first-order valence-corrected chi connectivity index (χ1v) is 6.32. The molecule has 3 unspecified atom stereocenters. The third kappa shape index (κ3) is 1.77. The molecule has 3 nitrogen and oxygen atoms in total. The Morgan fingerprint density at radius 2 is 2.31 bits per heavy atom. The Kier molecular flexibility index (Phi) is 2.51. The van der Waals surface area contributed by atoms with Crippen molar-refractivity contribution in [2.45, 2.75) is 32.2 Å². The zero-order valence-electron chi connectivity index (χ0n) is 9.10. The number of nitrogens with zero attached hydrogens (tertiary/aromatic N) is 2. The van der Waals surface area contributed by atoms with Crippen molar-refractivity contribution >= 4 is 11.6 Å². The van der Waals surface area contributed by atoms with Crippen molar-refractivity contribution in [1.82, 2.24) is 9.55 Å². The molecule has 86 valence electrons. The minimum absolute atomic E-state index is 0.0252. The van der Waals surface area contributed by atoms with Crippen LogP contribution in [0.2, 0.25) is 5.15 Å². The molecule has 0 aliphatic heterocycles. The number of aromatic nitrogens is 2. The Morgan fingerprint density at radius 1 is 1.44 bits per heavy atom. The van der Waals surface area contributed by atoms with Gasteiger partial charge >= 0.3 is 0 Å². The minimum Gasteiger partial charge on any atom is -0.299 e. The van der Waals surface area contributed by atoms with E-state index in [4.69, 9.17) is 11.6 Å². The van der Waals surface area contributed by atoms with Gasteiger partial charge in [0.2, 0.25) is 0 Å². The monoisotopic (exact) mass is 238 g/mol. The maximum Gasteiger partial charge on any atom is 0.254 e. The summed E-state index contributed by atoms with van der Waals surface area (Å²) in [4.78, 5) is 15.6. The number of halogens is 1. The molecule has 2 bridgehead atoms. The van der Waals surface area contributed by atoms with E-state index in [9.17, 15) is 4.79 Å². The summed E-state index contributed by atoms with van der Waals surface area (Å²) < 4.78 is 1.71. The molecule has 1 aromatic heterocycles. The van der Waals surface area contributed by atoms with E-state index in [0.29, 0.717) is 5.92 Å². The molecule has 4 heteroatoms. The number of hydrogen-bond donors (Lipinski definition) is 0. The van der Waals surface area contributed by atoms with Crippen LogP contribution in [0.15, 0.2) is 17.2 Å². The van der Waals surface area contributed by atoms with E-state index in [0.717, 1.165) is 18.4 Å². The average molecular weight is 239 g/mol. The van der Waals surface area contributed by atoms with Crippen molar-refractivity contribution < 1.29 is 0 Å². The molecule has 2 fully saturated rings. The number of fused-ring (bicyclic) bond motifs is 2. The van der Waals surface area contributed by atoms with Crippen LogP contribution in [0.5, 0.6) is 0 Å². The van der Waals surface area contributed by atoms with Crippen molar-refractivity contribution in [1.29, 1.82) is 0 Å². The van der Waals surface area contributed by atoms with Crippen LogP contribution in [-0.2, 0) is 6.54 Å². The van der Waals surface area contributed by atoms with Gasteiger partial charge in [-0.3, -0.25) is 9.36 Å². The first-order chi connectivity index (χ1) is 7.72. The Morgan fingerprint density at radius 3 is 2.94 bits per heavy atom. The fourth-order valence-corrected chi connectivity index (χ4v) is 3.53. The molecule has 0 amide bonds. The van der Waals surface area contributed by atoms with Crippen LogP contribution in [0.3, 0.4) is 0 Å². The fraction of sp³-hybridized carbons (Fsp3) is 0.667. The second-order valence-corrected chi connectivity index (χ2v) is 5.52. The summed E-state index contributed by atoms with van der Waals surface area (Å²) in [5, 5.41) is 0.286. The van der Waals surface area contributed by atoms with Crippen LogP contribution in [-0.4, -0.2) is 9.55 Å². The lowest BCUT2D eigenvalue weighted by Crippen LogP contribution is -2.26. The molecule has 0 radical (unpaired) electrons. The van der Waals surface area contributed by atoms with Gasteiger partial charge in [-0.2, -0.15) is 0 Å². The molecular formula is C12H15ClN2O. The van der Waals surface area contributed by atoms with E-state index in [1.165, 1.54) is 31.7 Å². The second-order valence-electron chi connectivity index (χ2n) is 5.14. The number of hydrogen-bond acceptors (Lipinski definition) is 2. The normalized spacial score (nSPS) is 32.2. The molecular weight excluding hydrogens is 224 g/mol. The Bertz CT molecular complexity index is 457. The summed E-state index contributed by atoms with van der Waals surface area (Å²) in [5.41, 5.74) is -0.0252. The van der Waals surface area contributed by atoms with Gasteiger partial charge in [0, 0.05) is 12.6 Å². The zero-order valence-corrected chi connectivity index (χ0v) is 9.86. The van der Waals surface area contributed by atoms with Crippen LogP contribution in [0.1, 0.15) is 25.7 Å². The van der Waals surface area contributed by atoms with Crippen molar-refractivity contribution in [3.63, 3.8) is 0 Å². The van der Waals surface area contributed by atoms with E-state index in [1.54, 1.807) is 10.9 Å². The van der Waals surface area contributed by atoms with Gasteiger partial charge in [0.1, 0.15) is 5.15 Å². The molecule has 0 aromatic carbocycles. The third-order valence-electron chi connectivity index (χ3n) is 4.16. The first-order valence-electron chi connectivity index (χ1n) is 5.94. The molecule has 1 aromatic rings. The highest BCUT2D eigenvalue weighted by atomic mass is 35.5. The molecule has 2 aliphatic rings. The first kappa shape index (κ1) is 10.3. The predicted molar refractivity (Wildman–Crippen MR) is 62.4 cm³/mol. The molecule has 1 heterocycles. The molecule has 0 N–H and O–H groups in total. The second kappa shape index (κ2) is 3.88. The highest BCUT2D eigenvalue weighted by Crippen LogP contribution is 2.48. The molecule has 2 saturated carbocycles. The molecule has 0 saturated heterocycles. The molecule has 0 spiro atoms. The maximum atomic E-state index is 11.7. The fourth-order valence-electron chi connectivity index (χ4n) is 3.39. The summed E-state index contributed by atoms with van der Waals surface area (Å²) in [5.74, 6) is 2.44. The highest BCUT2D eigenvalue weighted by molar-refractivity contribution is 6.29. The summed E-state index contributed by atoms with van der Waals surface area (Å²) in [7, 11) is 0. The lowest BCUT2D eigenvalue weighted by Gasteiger charge is -2.22. The minimum atomic E-state index is -0.0252. The van der Waals surface area contributed by atoms with Gasteiger partial charge < -0.3 is 0 Å². The Labute approximate surface area is 99.5 Å². The Balaban J connectivity index is 1.77. The highest BCUT2D eigenvalue weighted by Gasteiger charge is 2.39. The van der Waals surface area contributed by atoms with Gasteiger partial charge in [0.15, 0.2) is 0 Å². The largest absolute Gasteiger partial charge is 0.299 e. The third-order valence-corrected chi connectivity index (χ3v) is 4.37. The van der Waals surface area contributed by atoms with E-state index in [2.05, 4.69) is 4.98 Å². The van der Waals surface area contributed by atoms with Crippen LogP contribution in [0, 0.1) is 17.8 Å². The Hall–Kier alpha value is -0.830. The van der Waals surface area contributed by atoms with Crippen LogP contribution in [0.4, 0.5) is 0 Å². The molecule has 3 rings (SSSR count). The van der Waals surface area contributed by atoms with Crippen molar-refractivity contribution in [3.8, 4) is 0 Å². The molecule has 2 aliphatic carbocycles. The van der Waals surface area contributed by atoms with Gasteiger partial charge in [0.05, 0.1) is 6.33 Å². The summed E-state index contributed by atoms with van der Waals surface area (Å²) >= 11 is 5.67. The SMILES string of the molecule is O=c1cc(Cl)ncn1CC1CC2CCC1C2. The topological polar surface area (TPSA) is 34.9 Å². The van der Waals surface area contributed by atoms with Crippen LogP contribution >= 0.6 is 11.6 Å². The van der Waals surface area contributed by atoms with Crippen LogP contribution < -0.4 is 5.56 Å². The van der Waals surface area contributed by atoms with E-state index >= 15 is 0 Å². The smallest absolute Gasteiger partial charge is 0.254 e. The van der Waals surface area contributed by atoms with Crippen LogP contribution in [0.25, 0.3) is 0 Å². The maximum absolute atomic E-state index is 11.7. The van der Waals surface area contributed by atoms with E-state index in [-0.39, 0.29) is 10.7 Å². The van der Waals surface area contributed by atoms with Crippen molar-refractivity contribution in [2.75, 3.05) is 0 Å². The van der Waals surface area contributed by atoms with Gasteiger partial charge in [-0.1, -0.05) is 18.0 Å². The number of rotatable bonds is 2. The summed E-state index contributed by atoms with van der Waals surface area (Å²) in [6, 6.07) is 1.40. The quantitative estimate of drug-likeness (QED) is 0.742. The summed E-state index contributed by atoms with van der Waals surface area (Å²) in [6.45, 7) is 0.824. The lowest BCUT2D eigenvalue weighted by atomic mass is 9.89. The van der Waals surface area contributed by atoms with Gasteiger partial charge in [0.25, 0.3) is 5.56 Å². The predicted octanol–water partition coefficient (Wildman–Crippen LogP) is 2.33. The molecule has 16 heavy (non-hydrogen) atoms. The standard InChI is InChI=1S/C12H15ClN2O/c13-11-5-12(16)15(7-14-11)6-10-4-8-1-2-9(10)3-8/h5,7-10H,1-4,6H2. The van der Waals surface area contributed by atoms with Gasteiger partial charge in [-0.15, -0.1) is 0 Å². The average Bonchev–Trinajstić information content (AvgIpc) is 2.84. The lowest BCUT2D eigenvalue weighted by molar-refractivity contribution is 0.292. The van der Waals surface area contributed by atoms with Crippen molar-refractivity contribution in [2.24, 2.45) is 17.8 Å². The van der Waals surface area contributed by atoms with E-state index in [1.807, 2.05) is 0 Å². The summed E-state index contributed by atoms with van der Waals surface area (Å²) in [6.07, 6.45) is 7.00. The van der Waals surface area contributed by atoms with Gasteiger partial charge in [-0.25, -0.2) is 4.98 Å². The van der Waals surface area contributed by atoms with Gasteiger partial charge in [-0.05, 0) is 37.0 Å². The van der Waals surface area contributed by atoms with Crippen molar-refractivity contribution in [3.05, 3.63) is 27.9 Å². The molecule has 3 atom stereocenters. The van der Waals surface area contributed by atoms with E-state index < -0.39 is 0 Å². The zero-order chi connectivity index (χ0) is 11.1.